The Labute approximate surface area is 122 Å². The van der Waals surface area contributed by atoms with Crippen LogP contribution in [0, 0.1) is 0 Å². The molecule has 0 fully saturated rings. The number of hydrogen-bond donors (Lipinski definition) is 2. The van der Waals surface area contributed by atoms with Crippen LogP contribution in [-0.4, -0.2) is 25.6 Å². The van der Waals surface area contributed by atoms with Gasteiger partial charge >= 0.3 is 0 Å². The Morgan fingerprint density at radius 3 is 2.89 bits per heavy atom. The van der Waals surface area contributed by atoms with Crippen molar-refractivity contribution in [2.75, 3.05) is 13.7 Å². The summed E-state index contributed by atoms with van der Waals surface area (Å²) < 4.78 is 6.75. The Bertz CT molecular complexity index is 422. The minimum absolute atomic E-state index is 0.0372. The summed E-state index contributed by atoms with van der Waals surface area (Å²) in [4.78, 5) is 11.1. The van der Waals surface area contributed by atoms with Gasteiger partial charge in [0.1, 0.15) is 5.75 Å². The lowest BCUT2D eigenvalue weighted by molar-refractivity contribution is -0.120. The molecule has 3 N–H and O–H groups in total. The number of benzene rings is 1. The summed E-state index contributed by atoms with van der Waals surface area (Å²) in [6, 6.07) is 5.99. The van der Waals surface area contributed by atoms with Gasteiger partial charge in [0.15, 0.2) is 0 Å². The quantitative estimate of drug-likeness (QED) is 0.754. The number of rotatable bonds is 7. The van der Waals surface area contributed by atoms with Gasteiger partial charge in [-0.25, -0.2) is 0 Å². The second-order valence-electron chi connectivity index (χ2n) is 4.56. The molecule has 0 aliphatic heterocycles. The number of halogens is 1. The van der Waals surface area contributed by atoms with Gasteiger partial charge in [0, 0.05) is 24.0 Å². The molecule has 5 heteroatoms. The van der Waals surface area contributed by atoms with Crippen molar-refractivity contribution in [1.82, 2.24) is 5.32 Å². The third kappa shape index (κ3) is 6.07. The maximum Gasteiger partial charge on any atom is 0.219 e. The lowest BCUT2D eigenvalue weighted by atomic mass is 10.1. The highest BCUT2D eigenvalue weighted by atomic mass is 79.9. The SMILES string of the molecule is CNC(=O)CCCOc1ccc(Br)cc1CC(C)N. The minimum Gasteiger partial charge on any atom is -0.493 e. The van der Waals surface area contributed by atoms with Crippen molar-refractivity contribution < 1.29 is 9.53 Å². The summed E-state index contributed by atoms with van der Waals surface area (Å²) in [5.74, 6) is 0.882. The Balaban J connectivity index is 2.54. The standard InChI is InChI=1S/C14H21BrN2O2/c1-10(16)8-11-9-12(15)5-6-13(11)19-7-3-4-14(18)17-2/h5-6,9-10H,3-4,7-8,16H2,1-2H3,(H,17,18). The van der Waals surface area contributed by atoms with E-state index in [1.807, 2.05) is 25.1 Å². The zero-order chi connectivity index (χ0) is 14.3. The molecule has 106 valence electrons. The van der Waals surface area contributed by atoms with Gasteiger partial charge in [0.05, 0.1) is 6.61 Å². The van der Waals surface area contributed by atoms with Crippen LogP contribution in [0.4, 0.5) is 0 Å². The molecule has 1 amide bonds. The van der Waals surface area contributed by atoms with Crippen LogP contribution in [0.1, 0.15) is 25.3 Å². The maximum atomic E-state index is 11.1. The molecule has 1 rings (SSSR count). The summed E-state index contributed by atoms with van der Waals surface area (Å²) >= 11 is 3.45. The lowest BCUT2D eigenvalue weighted by Gasteiger charge is -2.13. The van der Waals surface area contributed by atoms with Gasteiger partial charge in [-0.05, 0) is 43.5 Å². The number of nitrogens with two attached hydrogens (primary N) is 1. The topological polar surface area (TPSA) is 64.3 Å². The molecule has 0 saturated carbocycles. The molecule has 1 aromatic carbocycles. The third-order valence-electron chi connectivity index (χ3n) is 2.65. The Morgan fingerprint density at radius 1 is 1.53 bits per heavy atom. The van der Waals surface area contributed by atoms with Crippen molar-refractivity contribution in [1.29, 1.82) is 0 Å². The zero-order valence-electron chi connectivity index (χ0n) is 11.4. The molecule has 0 heterocycles. The van der Waals surface area contributed by atoms with E-state index in [1.54, 1.807) is 7.05 Å². The summed E-state index contributed by atoms with van der Waals surface area (Å²) in [6.07, 6.45) is 1.95. The minimum atomic E-state index is 0.0372. The van der Waals surface area contributed by atoms with Crippen LogP contribution in [-0.2, 0) is 11.2 Å². The van der Waals surface area contributed by atoms with Crippen molar-refractivity contribution >= 4 is 21.8 Å². The Hall–Kier alpha value is -1.07. The van der Waals surface area contributed by atoms with E-state index in [9.17, 15) is 4.79 Å². The molecule has 1 unspecified atom stereocenters. The van der Waals surface area contributed by atoms with Crippen LogP contribution in [0.5, 0.6) is 5.75 Å². The molecule has 0 saturated heterocycles. The lowest BCUT2D eigenvalue weighted by Crippen LogP contribution is -2.19. The second kappa shape index (κ2) is 8.17. The zero-order valence-corrected chi connectivity index (χ0v) is 13.0. The largest absolute Gasteiger partial charge is 0.493 e. The molecule has 0 aliphatic carbocycles. The van der Waals surface area contributed by atoms with Crippen LogP contribution in [0.25, 0.3) is 0 Å². The normalized spacial score (nSPS) is 12.0. The predicted octanol–water partition coefficient (Wildman–Crippen LogP) is 2.24. The highest BCUT2D eigenvalue weighted by Crippen LogP contribution is 2.24. The van der Waals surface area contributed by atoms with Gasteiger partial charge in [-0.1, -0.05) is 15.9 Å². The number of nitrogens with one attached hydrogen (secondary N) is 1. The predicted molar refractivity (Wildman–Crippen MR) is 80.3 cm³/mol. The van der Waals surface area contributed by atoms with E-state index < -0.39 is 0 Å². The summed E-state index contributed by atoms with van der Waals surface area (Å²) in [5, 5.41) is 2.59. The summed E-state index contributed by atoms with van der Waals surface area (Å²) in [6.45, 7) is 2.50. The molecule has 0 radical (unpaired) electrons. The van der Waals surface area contributed by atoms with E-state index in [-0.39, 0.29) is 11.9 Å². The average Bonchev–Trinajstić information content (AvgIpc) is 2.35. The van der Waals surface area contributed by atoms with Gasteiger partial charge in [0.2, 0.25) is 5.91 Å². The molecule has 1 atom stereocenters. The molecule has 0 aliphatic rings. The van der Waals surface area contributed by atoms with Gasteiger partial charge in [-0.15, -0.1) is 0 Å². The van der Waals surface area contributed by atoms with E-state index in [1.165, 1.54) is 0 Å². The molecule has 1 aromatic rings. The molecule has 19 heavy (non-hydrogen) atoms. The Kier molecular flexibility index (Phi) is 6.87. The van der Waals surface area contributed by atoms with Crippen molar-refractivity contribution in [2.45, 2.75) is 32.2 Å². The molecular formula is C14H21BrN2O2. The van der Waals surface area contributed by atoms with Crippen LogP contribution in [0.3, 0.4) is 0 Å². The van der Waals surface area contributed by atoms with Crippen LogP contribution in [0.15, 0.2) is 22.7 Å². The smallest absolute Gasteiger partial charge is 0.219 e. The maximum absolute atomic E-state index is 11.1. The van der Waals surface area contributed by atoms with Gasteiger partial charge in [0.25, 0.3) is 0 Å². The Morgan fingerprint density at radius 2 is 2.26 bits per heavy atom. The number of amides is 1. The molecular weight excluding hydrogens is 308 g/mol. The molecule has 4 nitrogen and oxygen atoms in total. The van der Waals surface area contributed by atoms with E-state index in [2.05, 4.69) is 21.2 Å². The van der Waals surface area contributed by atoms with Crippen molar-refractivity contribution in [3.63, 3.8) is 0 Å². The van der Waals surface area contributed by atoms with E-state index in [0.29, 0.717) is 19.4 Å². The monoisotopic (exact) mass is 328 g/mol. The summed E-state index contributed by atoms with van der Waals surface area (Å²) in [7, 11) is 1.64. The molecule has 0 spiro atoms. The second-order valence-corrected chi connectivity index (χ2v) is 5.47. The third-order valence-corrected chi connectivity index (χ3v) is 3.14. The van der Waals surface area contributed by atoms with Gasteiger partial charge in [-0.2, -0.15) is 0 Å². The number of ether oxygens (including phenoxy) is 1. The number of carbonyl (C=O) groups is 1. The number of hydrogen-bond acceptors (Lipinski definition) is 3. The first-order valence-electron chi connectivity index (χ1n) is 6.40. The van der Waals surface area contributed by atoms with Crippen LogP contribution < -0.4 is 15.8 Å². The average molecular weight is 329 g/mol. The summed E-state index contributed by atoms with van der Waals surface area (Å²) in [5.41, 5.74) is 6.92. The van der Waals surface area contributed by atoms with E-state index >= 15 is 0 Å². The highest BCUT2D eigenvalue weighted by Gasteiger charge is 2.07. The number of carbonyl (C=O) groups excluding carboxylic acids is 1. The fourth-order valence-corrected chi connectivity index (χ4v) is 2.14. The van der Waals surface area contributed by atoms with Crippen molar-refractivity contribution in [2.24, 2.45) is 5.73 Å². The van der Waals surface area contributed by atoms with Gasteiger partial charge < -0.3 is 15.8 Å². The first-order valence-corrected chi connectivity index (χ1v) is 7.19. The fourth-order valence-electron chi connectivity index (χ4n) is 1.74. The van der Waals surface area contributed by atoms with Crippen molar-refractivity contribution in [3.8, 4) is 5.75 Å². The van der Waals surface area contributed by atoms with E-state index in [4.69, 9.17) is 10.5 Å². The van der Waals surface area contributed by atoms with Crippen LogP contribution >= 0.6 is 15.9 Å². The first-order chi connectivity index (χ1) is 9.02. The van der Waals surface area contributed by atoms with Crippen molar-refractivity contribution in [3.05, 3.63) is 28.2 Å². The van der Waals surface area contributed by atoms with Gasteiger partial charge in [-0.3, -0.25) is 4.79 Å². The highest BCUT2D eigenvalue weighted by molar-refractivity contribution is 9.10. The van der Waals surface area contributed by atoms with E-state index in [0.717, 1.165) is 22.2 Å². The fraction of sp³-hybridized carbons (Fsp3) is 0.500. The molecule has 0 bridgehead atoms. The van der Waals surface area contributed by atoms with Crippen LogP contribution in [0.2, 0.25) is 0 Å². The molecule has 0 aromatic heterocycles. The first kappa shape index (κ1) is 16.0.